The minimum Gasteiger partial charge on any atom is -0.410 e. The van der Waals surface area contributed by atoms with Gasteiger partial charge < -0.3 is 9.32 Å². The van der Waals surface area contributed by atoms with Crippen molar-refractivity contribution >= 4 is 27.1 Å². The van der Waals surface area contributed by atoms with Crippen LogP contribution in [-0.4, -0.2) is 36.0 Å². The minimum atomic E-state index is -3.74. The van der Waals surface area contributed by atoms with Crippen molar-refractivity contribution in [1.29, 1.82) is 0 Å². The van der Waals surface area contributed by atoms with Crippen LogP contribution in [0.5, 0.6) is 0 Å². The van der Waals surface area contributed by atoms with Crippen LogP contribution in [-0.2, 0) is 15.6 Å². The first-order chi connectivity index (χ1) is 13.0. The van der Waals surface area contributed by atoms with Gasteiger partial charge in [-0.1, -0.05) is 41.5 Å². The second-order valence-corrected chi connectivity index (χ2v) is 9.10. The summed E-state index contributed by atoms with van der Waals surface area (Å²) in [6, 6.07) is 12.0. The quantitative estimate of drug-likeness (QED) is 0.650. The summed E-state index contributed by atoms with van der Waals surface area (Å²) >= 11 is 1.37. The van der Waals surface area contributed by atoms with Crippen molar-refractivity contribution in [3.05, 3.63) is 64.2 Å². The molecule has 0 bridgehead atoms. The van der Waals surface area contributed by atoms with Crippen molar-refractivity contribution in [1.82, 2.24) is 15.1 Å². The topological polar surface area (TPSA) is 93.4 Å². The first-order valence-electron chi connectivity index (χ1n) is 8.49. The van der Waals surface area contributed by atoms with Crippen LogP contribution in [0.3, 0.4) is 0 Å². The highest BCUT2D eigenvalue weighted by Crippen LogP contribution is 2.33. The molecule has 0 radical (unpaired) electrons. The van der Waals surface area contributed by atoms with Gasteiger partial charge in [-0.2, -0.15) is 0 Å². The van der Waals surface area contributed by atoms with Gasteiger partial charge in [-0.15, -0.1) is 16.4 Å². The molecule has 1 fully saturated rings. The Balaban J connectivity index is 1.55. The fourth-order valence-corrected chi connectivity index (χ4v) is 4.96. The number of sulfone groups is 1. The van der Waals surface area contributed by atoms with E-state index in [2.05, 4.69) is 10.2 Å². The van der Waals surface area contributed by atoms with E-state index in [0.29, 0.717) is 23.4 Å². The first kappa shape index (κ1) is 17.9. The number of rotatable bonds is 5. The van der Waals surface area contributed by atoms with E-state index in [0.717, 1.165) is 6.42 Å². The van der Waals surface area contributed by atoms with E-state index in [1.165, 1.54) is 11.3 Å². The number of aromatic nitrogens is 2. The smallest absolute Gasteiger partial charge is 0.335 e. The molecule has 3 aromatic rings. The molecule has 0 unspecified atom stereocenters. The van der Waals surface area contributed by atoms with Gasteiger partial charge in [-0.3, -0.25) is 4.79 Å². The van der Waals surface area contributed by atoms with Crippen LogP contribution in [0.25, 0.3) is 0 Å². The molecule has 7 nitrogen and oxygen atoms in total. The van der Waals surface area contributed by atoms with Crippen molar-refractivity contribution < 1.29 is 17.6 Å². The molecule has 1 atom stereocenters. The van der Waals surface area contributed by atoms with Gasteiger partial charge in [0.15, 0.2) is 0 Å². The van der Waals surface area contributed by atoms with E-state index >= 15 is 0 Å². The third-order valence-corrected chi connectivity index (χ3v) is 6.69. The Morgan fingerprint density at radius 1 is 1.19 bits per heavy atom. The number of amides is 1. The maximum Gasteiger partial charge on any atom is 0.335 e. The van der Waals surface area contributed by atoms with Gasteiger partial charge in [0, 0.05) is 6.54 Å². The van der Waals surface area contributed by atoms with E-state index in [-0.39, 0.29) is 17.6 Å². The highest BCUT2D eigenvalue weighted by Gasteiger charge is 2.36. The Labute approximate surface area is 160 Å². The molecule has 9 heteroatoms. The molecule has 140 valence electrons. The van der Waals surface area contributed by atoms with Crippen LogP contribution in [0.2, 0.25) is 0 Å². The van der Waals surface area contributed by atoms with E-state index in [9.17, 15) is 13.2 Å². The molecule has 0 aliphatic carbocycles. The van der Waals surface area contributed by atoms with Gasteiger partial charge in [0.05, 0.1) is 10.6 Å². The number of benzene rings is 1. The van der Waals surface area contributed by atoms with Crippen molar-refractivity contribution in [2.24, 2.45) is 0 Å². The second-order valence-electron chi connectivity index (χ2n) is 6.28. The zero-order valence-electron chi connectivity index (χ0n) is 14.3. The number of nitrogens with zero attached hydrogens (tertiary/aromatic N) is 3. The molecule has 2 aromatic heterocycles. The molecular weight excluding hydrogens is 386 g/mol. The number of thiophene rings is 1. The molecule has 3 heterocycles. The lowest BCUT2D eigenvalue weighted by Gasteiger charge is -2.21. The lowest BCUT2D eigenvalue weighted by Crippen LogP contribution is -2.30. The highest BCUT2D eigenvalue weighted by molar-refractivity contribution is 7.90. The largest absolute Gasteiger partial charge is 0.410 e. The fourth-order valence-electron chi connectivity index (χ4n) is 3.14. The molecule has 1 aliphatic heterocycles. The number of likely N-dealkylation sites (tertiary alicyclic amines) is 1. The molecule has 0 N–H and O–H groups in total. The third kappa shape index (κ3) is 3.65. The van der Waals surface area contributed by atoms with Gasteiger partial charge in [-0.05, 0) is 29.9 Å². The minimum absolute atomic E-state index is 0.0978. The molecule has 1 amide bonds. The van der Waals surface area contributed by atoms with Crippen molar-refractivity contribution in [2.75, 3.05) is 6.54 Å². The van der Waals surface area contributed by atoms with Crippen LogP contribution >= 0.6 is 11.3 Å². The summed E-state index contributed by atoms with van der Waals surface area (Å²) in [7, 11) is -3.74. The molecule has 1 aromatic carbocycles. The van der Waals surface area contributed by atoms with Crippen LogP contribution in [0.15, 0.2) is 57.5 Å². The number of carbonyl (C=O) groups excluding carboxylic acids is 1. The van der Waals surface area contributed by atoms with Crippen LogP contribution in [0.4, 0.5) is 0 Å². The van der Waals surface area contributed by atoms with E-state index in [4.69, 9.17) is 4.42 Å². The second kappa shape index (κ2) is 7.24. The first-order valence-corrected chi connectivity index (χ1v) is 11.0. The zero-order chi connectivity index (χ0) is 18.9. The molecule has 1 aliphatic rings. The Morgan fingerprint density at radius 2 is 2.00 bits per heavy atom. The molecule has 27 heavy (non-hydrogen) atoms. The summed E-state index contributed by atoms with van der Waals surface area (Å²) in [4.78, 5) is 15.0. The lowest BCUT2D eigenvalue weighted by atomic mass is 10.2. The summed E-state index contributed by atoms with van der Waals surface area (Å²) < 4.78 is 30.6. The SMILES string of the molecule is O=C(c1cccs1)N1CCC[C@H]1c1nnc(S(=O)(=O)Cc2ccccc2)o1. The fraction of sp³-hybridized carbons (Fsp3) is 0.278. The van der Waals surface area contributed by atoms with E-state index < -0.39 is 21.1 Å². The van der Waals surface area contributed by atoms with Gasteiger partial charge in [0.1, 0.15) is 6.04 Å². The van der Waals surface area contributed by atoms with Crippen molar-refractivity contribution in [3.63, 3.8) is 0 Å². The molecule has 0 saturated carbocycles. The van der Waals surface area contributed by atoms with Crippen LogP contribution in [0.1, 0.15) is 40.0 Å². The van der Waals surface area contributed by atoms with Crippen molar-refractivity contribution in [3.8, 4) is 0 Å². The predicted molar refractivity (Wildman–Crippen MR) is 99.0 cm³/mol. The third-order valence-electron chi connectivity index (χ3n) is 4.42. The monoisotopic (exact) mass is 403 g/mol. The number of carbonyl (C=O) groups is 1. The number of hydrogen-bond donors (Lipinski definition) is 0. The Kier molecular flexibility index (Phi) is 4.79. The number of hydrogen-bond acceptors (Lipinski definition) is 7. The van der Waals surface area contributed by atoms with Crippen molar-refractivity contribution in [2.45, 2.75) is 29.9 Å². The summed E-state index contributed by atoms with van der Waals surface area (Å²) in [5.74, 6) is -0.138. The van der Waals surface area contributed by atoms with Gasteiger partial charge in [0.25, 0.3) is 5.91 Å². The maximum absolute atomic E-state index is 12.7. The average molecular weight is 403 g/mol. The van der Waals surface area contributed by atoms with Crippen LogP contribution in [0, 0.1) is 0 Å². The summed E-state index contributed by atoms with van der Waals surface area (Å²) in [6.07, 6.45) is 1.47. The standard InChI is InChI=1S/C18H17N3O4S2/c22-17(15-9-5-11-26-15)21-10-4-8-14(21)16-19-20-18(25-16)27(23,24)12-13-6-2-1-3-7-13/h1-3,5-7,9,11,14H,4,8,10,12H2/t14-/m0/s1. The molecule has 4 rings (SSSR count). The van der Waals surface area contributed by atoms with Gasteiger partial charge in [-0.25, -0.2) is 8.42 Å². The van der Waals surface area contributed by atoms with E-state index in [1.807, 2.05) is 17.5 Å². The lowest BCUT2D eigenvalue weighted by molar-refractivity contribution is 0.0717. The normalized spacial score (nSPS) is 17.3. The molecular formula is C18H17N3O4S2. The summed E-state index contributed by atoms with van der Waals surface area (Å²) in [5, 5.41) is 9.12. The summed E-state index contributed by atoms with van der Waals surface area (Å²) in [6.45, 7) is 0.579. The average Bonchev–Trinajstić information content (AvgIpc) is 3.42. The molecule has 0 spiro atoms. The van der Waals surface area contributed by atoms with E-state index in [1.54, 1.807) is 35.2 Å². The summed E-state index contributed by atoms with van der Waals surface area (Å²) in [5.41, 5.74) is 0.646. The Hall–Kier alpha value is -2.52. The zero-order valence-corrected chi connectivity index (χ0v) is 15.9. The predicted octanol–water partition coefficient (Wildman–Crippen LogP) is 3.08. The van der Waals surface area contributed by atoms with Gasteiger partial charge >= 0.3 is 5.22 Å². The Bertz CT molecular complexity index is 1030. The molecule has 1 saturated heterocycles. The highest BCUT2D eigenvalue weighted by atomic mass is 32.2. The van der Waals surface area contributed by atoms with Crippen LogP contribution < -0.4 is 0 Å². The Morgan fingerprint density at radius 3 is 2.74 bits per heavy atom. The maximum atomic E-state index is 12.7. The van der Waals surface area contributed by atoms with Gasteiger partial charge in [0.2, 0.25) is 15.7 Å².